The highest BCUT2D eigenvalue weighted by atomic mass is 19.4. The second kappa shape index (κ2) is 7.12. The molecule has 1 aliphatic rings. The number of ether oxygens (including phenoxy) is 1. The van der Waals surface area contributed by atoms with Gasteiger partial charge in [-0.25, -0.2) is 0 Å². The number of amides is 1. The van der Waals surface area contributed by atoms with Gasteiger partial charge in [-0.1, -0.05) is 11.2 Å². The molecule has 6 nitrogen and oxygen atoms in total. The van der Waals surface area contributed by atoms with Crippen molar-refractivity contribution < 1.29 is 27.2 Å². The molecule has 1 aromatic carbocycles. The molecule has 1 atom stereocenters. The summed E-state index contributed by atoms with van der Waals surface area (Å²) in [7, 11) is 0. The average molecular weight is 355 g/mol. The van der Waals surface area contributed by atoms with E-state index < -0.39 is 11.7 Å². The van der Waals surface area contributed by atoms with Crippen molar-refractivity contribution in [3.05, 3.63) is 41.5 Å². The zero-order chi connectivity index (χ0) is 17.9. The summed E-state index contributed by atoms with van der Waals surface area (Å²) in [4.78, 5) is 15.5. The molecule has 0 aliphatic carbocycles. The Morgan fingerprint density at radius 1 is 1.36 bits per heavy atom. The van der Waals surface area contributed by atoms with Crippen molar-refractivity contribution >= 4 is 5.91 Å². The van der Waals surface area contributed by atoms with E-state index in [0.717, 1.165) is 25.0 Å². The SMILES string of the molecule is O=C1CCCC(Cc2nc(COc3cccc(C(F)(F)F)c3)no2)N1. The van der Waals surface area contributed by atoms with E-state index in [1.165, 1.54) is 12.1 Å². The molecule has 1 fully saturated rings. The molecule has 1 amide bonds. The summed E-state index contributed by atoms with van der Waals surface area (Å²) in [5.41, 5.74) is -0.785. The number of halogens is 3. The monoisotopic (exact) mass is 355 g/mol. The van der Waals surface area contributed by atoms with Crippen molar-refractivity contribution in [1.82, 2.24) is 15.5 Å². The first kappa shape index (κ1) is 17.2. The lowest BCUT2D eigenvalue weighted by Gasteiger charge is -2.21. The van der Waals surface area contributed by atoms with Gasteiger partial charge in [0.15, 0.2) is 6.61 Å². The van der Waals surface area contributed by atoms with Crippen LogP contribution in [0.25, 0.3) is 0 Å². The Hall–Kier alpha value is -2.58. The number of hydrogen-bond acceptors (Lipinski definition) is 5. The van der Waals surface area contributed by atoms with Crippen LogP contribution < -0.4 is 10.1 Å². The minimum absolute atomic E-state index is 0.00358. The Balaban J connectivity index is 1.56. The van der Waals surface area contributed by atoms with Gasteiger partial charge < -0.3 is 14.6 Å². The molecule has 25 heavy (non-hydrogen) atoms. The fourth-order valence-electron chi connectivity index (χ4n) is 2.59. The largest absolute Gasteiger partial charge is 0.485 e. The molecule has 9 heteroatoms. The third-order valence-electron chi connectivity index (χ3n) is 3.78. The molecular formula is C16H16F3N3O3. The molecule has 1 aliphatic heterocycles. The van der Waals surface area contributed by atoms with Crippen LogP contribution in [0.15, 0.2) is 28.8 Å². The van der Waals surface area contributed by atoms with Gasteiger partial charge in [0.05, 0.1) is 5.56 Å². The van der Waals surface area contributed by atoms with Gasteiger partial charge >= 0.3 is 6.18 Å². The molecule has 3 rings (SSSR count). The molecule has 1 N–H and O–H groups in total. The number of hydrogen-bond donors (Lipinski definition) is 1. The van der Waals surface area contributed by atoms with Gasteiger partial charge in [-0.3, -0.25) is 4.79 Å². The van der Waals surface area contributed by atoms with Crippen molar-refractivity contribution in [2.24, 2.45) is 0 Å². The second-order valence-corrected chi connectivity index (χ2v) is 5.78. The van der Waals surface area contributed by atoms with Crippen LogP contribution in [-0.2, 0) is 24.0 Å². The number of alkyl halides is 3. The number of aromatic nitrogens is 2. The van der Waals surface area contributed by atoms with Gasteiger partial charge in [-0.15, -0.1) is 0 Å². The van der Waals surface area contributed by atoms with Gasteiger partial charge in [0.25, 0.3) is 0 Å². The van der Waals surface area contributed by atoms with Crippen molar-refractivity contribution in [3.63, 3.8) is 0 Å². The molecule has 0 bridgehead atoms. The highest BCUT2D eigenvalue weighted by Gasteiger charge is 2.30. The lowest BCUT2D eigenvalue weighted by Crippen LogP contribution is -2.40. The maximum Gasteiger partial charge on any atom is 0.416 e. The zero-order valence-corrected chi connectivity index (χ0v) is 13.2. The fourth-order valence-corrected chi connectivity index (χ4v) is 2.59. The smallest absolute Gasteiger partial charge is 0.416 e. The number of carbonyl (C=O) groups excluding carboxylic acids is 1. The van der Waals surface area contributed by atoms with Gasteiger partial charge in [0.1, 0.15) is 5.75 Å². The Kier molecular flexibility index (Phi) is 4.91. The Morgan fingerprint density at radius 2 is 2.20 bits per heavy atom. The average Bonchev–Trinajstić information content (AvgIpc) is 3.00. The predicted molar refractivity (Wildman–Crippen MR) is 79.6 cm³/mol. The first-order valence-corrected chi connectivity index (χ1v) is 7.81. The molecule has 0 saturated carbocycles. The zero-order valence-electron chi connectivity index (χ0n) is 13.2. The molecular weight excluding hydrogens is 339 g/mol. The number of carbonyl (C=O) groups is 1. The number of rotatable bonds is 5. The fraction of sp³-hybridized carbons (Fsp3) is 0.438. The van der Waals surface area contributed by atoms with Crippen molar-refractivity contribution in [3.8, 4) is 5.75 Å². The second-order valence-electron chi connectivity index (χ2n) is 5.78. The van der Waals surface area contributed by atoms with E-state index in [4.69, 9.17) is 9.26 Å². The van der Waals surface area contributed by atoms with Crippen LogP contribution >= 0.6 is 0 Å². The lowest BCUT2D eigenvalue weighted by molar-refractivity contribution is -0.137. The Bertz CT molecular complexity index is 745. The molecule has 1 unspecified atom stereocenters. The number of nitrogens with zero attached hydrogens (tertiary/aromatic N) is 2. The van der Waals surface area contributed by atoms with Crippen LogP contribution in [0.1, 0.15) is 36.5 Å². The Morgan fingerprint density at radius 3 is 2.96 bits per heavy atom. The first-order valence-electron chi connectivity index (χ1n) is 7.81. The van der Waals surface area contributed by atoms with E-state index in [0.29, 0.717) is 18.7 Å². The molecule has 1 aromatic heterocycles. The third-order valence-corrected chi connectivity index (χ3v) is 3.78. The van der Waals surface area contributed by atoms with Crippen molar-refractivity contribution in [2.75, 3.05) is 0 Å². The van der Waals surface area contributed by atoms with Gasteiger partial charge in [0.2, 0.25) is 17.6 Å². The van der Waals surface area contributed by atoms with Crippen LogP contribution in [0.3, 0.4) is 0 Å². The number of piperidine rings is 1. The number of benzene rings is 1. The van der Waals surface area contributed by atoms with E-state index >= 15 is 0 Å². The molecule has 0 radical (unpaired) electrons. The van der Waals surface area contributed by atoms with Crippen LogP contribution in [0.2, 0.25) is 0 Å². The first-order chi connectivity index (χ1) is 11.9. The third kappa shape index (κ3) is 4.71. The van der Waals surface area contributed by atoms with E-state index in [2.05, 4.69) is 15.5 Å². The Labute approximate surface area is 141 Å². The van der Waals surface area contributed by atoms with Gasteiger partial charge in [-0.05, 0) is 31.0 Å². The standard InChI is InChI=1S/C16H16F3N3O3/c17-16(18,19)10-3-1-5-12(7-10)24-9-13-21-15(25-22-13)8-11-4-2-6-14(23)20-11/h1,3,5,7,11H,2,4,6,8-9H2,(H,20,23). The summed E-state index contributed by atoms with van der Waals surface area (Å²) in [6.45, 7) is -0.109. The highest BCUT2D eigenvalue weighted by Crippen LogP contribution is 2.31. The van der Waals surface area contributed by atoms with Gasteiger partial charge in [0, 0.05) is 18.9 Å². The maximum atomic E-state index is 12.7. The maximum absolute atomic E-state index is 12.7. The molecule has 2 aromatic rings. The van der Waals surface area contributed by atoms with Crippen molar-refractivity contribution in [2.45, 2.75) is 44.5 Å². The summed E-state index contributed by atoms with van der Waals surface area (Å²) < 4.78 is 48.4. The topological polar surface area (TPSA) is 77.2 Å². The minimum atomic E-state index is -4.43. The molecule has 134 valence electrons. The summed E-state index contributed by atoms with van der Waals surface area (Å²) >= 11 is 0. The summed E-state index contributed by atoms with van der Waals surface area (Å²) in [5.74, 6) is 0.661. The molecule has 1 saturated heterocycles. The van der Waals surface area contributed by atoms with Crippen LogP contribution in [0.5, 0.6) is 5.75 Å². The molecule has 0 spiro atoms. The summed E-state index contributed by atoms with van der Waals surface area (Å²) in [6.07, 6.45) is -1.83. The highest BCUT2D eigenvalue weighted by molar-refractivity contribution is 5.76. The minimum Gasteiger partial charge on any atom is -0.485 e. The predicted octanol–water partition coefficient (Wildman–Crippen LogP) is 2.88. The summed E-state index contributed by atoms with van der Waals surface area (Å²) in [6, 6.07) is 4.54. The van der Waals surface area contributed by atoms with E-state index in [9.17, 15) is 18.0 Å². The number of nitrogens with one attached hydrogen (secondary N) is 1. The normalized spacial score (nSPS) is 18.0. The van der Waals surface area contributed by atoms with Crippen LogP contribution in [0.4, 0.5) is 13.2 Å². The van der Waals surface area contributed by atoms with Crippen LogP contribution in [-0.4, -0.2) is 22.1 Å². The quantitative estimate of drug-likeness (QED) is 0.892. The van der Waals surface area contributed by atoms with E-state index in [1.807, 2.05) is 0 Å². The van der Waals surface area contributed by atoms with Crippen LogP contribution in [0, 0.1) is 0 Å². The lowest BCUT2D eigenvalue weighted by atomic mass is 10.0. The van der Waals surface area contributed by atoms with E-state index in [-0.39, 0.29) is 30.1 Å². The molecule has 2 heterocycles. The summed E-state index contributed by atoms with van der Waals surface area (Å²) in [5, 5.41) is 6.59. The van der Waals surface area contributed by atoms with Crippen molar-refractivity contribution in [1.29, 1.82) is 0 Å². The van der Waals surface area contributed by atoms with Gasteiger partial charge in [-0.2, -0.15) is 18.2 Å². The van der Waals surface area contributed by atoms with E-state index in [1.54, 1.807) is 0 Å².